The van der Waals surface area contributed by atoms with Crippen molar-refractivity contribution < 1.29 is 14.6 Å². The lowest BCUT2D eigenvalue weighted by molar-refractivity contribution is 0.0770. The molecule has 24 heavy (non-hydrogen) atoms. The smallest absolute Gasteiger partial charge is 0.410 e. The highest BCUT2D eigenvalue weighted by Gasteiger charge is 2.31. The molecule has 0 saturated heterocycles. The average Bonchev–Trinajstić information content (AvgIpc) is 3.05. The number of aryl methyl sites for hydroxylation is 1. The molecule has 4 heteroatoms. The minimum Gasteiger partial charge on any atom is -0.445 e. The van der Waals surface area contributed by atoms with Gasteiger partial charge in [-0.2, -0.15) is 0 Å². The summed E-state index contributed by atoms with van der Waals surface area (Å²) in [6.07, 6.45) is 2.13. The summed E-state index contributed by atoms with van der Waals surface area (Å²) in [5.41, 5.74) is 3.47. The number of nitrogens with zero attached hydrogens (tertiary/aromatic N) is 1. The normalized spacial score (nSPS) is 15.8. The summed E-state index contributed by atoms with van der Waals surface area (Å²) in [7, 11) is 0. The summed E-state index contributed by atoms with van der Waals surface area (Å²) in [5.74, 6) is 0. The van der Waals surface area contributed by atoms with Crippen LogP contribution in [0.4, 0.5) is 4.79 Å². The molecule has 1 unspecified atom stereocenters. The van der Waals surface area contributed by atoms with E-state index in [4.69, 9.17) is 9.84 Å². The number of fused-ring (bicyclic) bond motifs is 1. The van der Waals surface area contributed by atoms with Gasteiger partial charge in [0.05, 0.1) is 6.04 Å². The van der Waals surface area contributed by atoms with Crippen LogP contribution in [0.15, 0.2) is 54.6 Å². The molecular weight excluding hydrogens is 302 g/mol. The van der Waals surface area contributed by atoms with Crippen molar-refractivity contribution in [2.24, 2.45) is 0 Å². The molecule has 0 saturated carbocycles. The summed E-state index contributed by atoms with van der Waals surface area (Å²) < 4.78 is 5.52. The summed E-state index contributed by atoms with van der Waals surface area (Å²) >= 11 is 0. The number of hydrogen-bond donors (Lipinski definition) is 1. The van der Waals surface area contributed by atoms with E-state index in [1.54, 1.807) is 4.90 Å². The van der Waals surface area contributed by atoms with Gasteiger partial charge in [-0.1, -0.05) is 54.6 Å². The third kappa shape index (κ3) is 3.77. The average molecular weight is 325 g/mol. The number of aliphatic hydroxyl groups is 1. The van der Waals surface area contributed by atoms with Crippen LogP contribution in [0, 0.1) is 0 Å². The molecule has 2 aromatic rings. The Morgan fingerprint density at radius 1 is 1.12 bits per heavy atom. The highest BCUT2D eigenvalue weighted by molar-refractivity contribution is 5.68. The van der Waals surface area contributed by atoms with Crippen molar-refractivity contribution in [2.75, 3.05) is 13.2 Å². The van der Waals surface area contributed by atoms with E-state index in [1.165, 1.54) is 11.1 Å². The van der Waals surface area contributed by atoms with E-state index in [0.717, 1.165) is 18.4 Å². The van der Waals surface area contributed by atoms with Crippen molar-refractivity contribution in [3.63, 3.8) is 0 Å². The Morgan fingerprint density at radius 2 is 1.88 bits per heavy atom. The van der Waals surface area contributed by atoms with Crippen LogP contribution in [-0.4, -0.2) is 29.3 Å². The number of ether oxygens (including phenoxy) is 1. The van der Waals surface area contributed by atoms with E-state index in [0.29, 0.717) is 13.0 Å². The number of carbonyl (C=O) groups excluding carboxylic acids is 1. The molecule has 126 valence electrons. The zero-order valence-electron chi connectivity index (χ0n) is 13.7. The van der Waals surface area contributed by atoms with Gasteiger partial charge in [-0.3, -0.25) is 0 Å². The number of carbonyl (C=O) groups is 1. The Hall–Kier alpha value is -2.33. The van der Waals surface area contributed by atoms with Crippen LogP contribution in [0.3, 0.4) is 0 Å². The van der Waals surface area contributed by atoms with Crippen LogP contribution in [0.25, 0.3) is 0 Å². The molecule has 1 aliphatic rings. The Labute approximate surface area is 142 Å². The highest BCUT2D eigenvalue weighted by Crippen LogP contribution is 2.36. The molecule has 2 aromatic carbocycles. The van der Waals surface area contributed by atoms with Gasteiger partial charge >= 0.3 is 6.09 Å². The molecule has 1 aliphatic carbocycles. The standard InChI is InChI=1S/C20H23NO3/c22-14-6-13-21(19-12-11-17-9-4-5-10-18(17)19)20(23)24-15-16-7-2-1-3-8-16/h1-5,7-10,19,22H,6,11-15H2. The van der Waals surface area contributed by atoms with E-state index in [1.807, 2.05) is 42.5 Å². The quantitative estimate of drug-likeness (QED) is 0.881. The molecule has 0 bridgehead atoms. The largest absolute Gasteiger partial charge is 0.445 e. The predicted octanol–water partition coefficient (Wildman–Crippen LogP) is 3.70. The van der Waals surface area contributed by atoms with Crippen molar-refractivity contribution in [3.05, 3.63) is 71.3 Å². The van der Waals surface area contributed by atoms with Gasteiger partial charge in [-0.05, 0) is 36.0 Å². The Balaban J connectivity index is 1.71. The van der Waals surface area contributed by atoms with Crippen LogP contribution in [-0.2, 0) is 17.8 Å². The second-order valence-corrected chi connectivity index (χ2v) is 6.06. The van der Waals surface area contributed by atoms with Gasteiger partial charge in [0.15, 0.2) is 0 Å². The molecule has 1 atom stereocenters. The van der Waals surface area contributed by atoms with Gasteiger partial charge < -0.3 is 14.7 Å². The SMILES string of the molecule is O=C(OCc1ccccc1)N(CCCO)C1CCc2ccccc21. The topological polar surface area (TPSA) is 49.8 Å². The Kier molecular flexibility index (Phi) is 5.49. The van der Waals surface area contributed by atoms with Crippen molar-refractivity contribution in [1.82, 2.24) is 4.90 Å². The van der Waals surface area contributed by atoms with Gasteiger partial charge in [0.25, 0.3) is 0 Å². The maximum atomic E-state index is 12.6. The summed E-state index contributed by atoms with van der Waals surface area (Å²) in [6, 6.07) is 18.0. The van der Waals surface area contributed by atoms with Gasteiger partial charge in [0, 0.05) is 13.2 Å². The van der Waals surface area contributed by atoms with Crippen LogP contribution < -0.4 is 0 Å². The lowest BCUT2D eigenvalue weighted by Crippen LogP contribution is -2.35. The zero-order chi connectivity index (χ0) is 16.8. The monoisotopic (exact) mass is 325 g/mol. The fourth-order valence-corrected chi connectivity index (χ4v) is 3.28. The predicted molar refractivity (Wildman–Crippen MR) is 92.5 cm³/mol. The van der Waals surface area contributed by atoms with Crippen molar-refractivity contribution >= 4 is 6.09 Å². The fourth-order valence-electron chi connectivity index (χ4n) is 3.28. The molecule has 1 N–H and O–H groups in total. The number of aliphatic hydroxyl groups excluding tert-OH is 1. The van der Waals surface area contributed by atoms with Gasteiger partial charge in [-0.15, -0.1) is 0 Å². The molecule has 1 amide bonds. The van der Waals surface area contributed by atoms with Crippen LogP contribution in [0.2, 0.25) is 0 Å². The number of rotatable bonds is 6. The van der Waals surface area contributed by atoms with E-state index < -0.39 is 0 Å². The van der Waals surface area contributed by atoms with Gasteiger partial charge in [-0.25, -0.2) is 4.79 Å². The maximum absolute atomic E-state index is 12.6. The van der Waals surface area contributed by atoms with Crippen molar-refractivity contribution in [2.45, 2.75) is 31.9 Å². The van der Waals surface area contributed by atoms with Gasteiger partial charge in [0.2, 0.25) is 0 Å². The van der Waals surface area contributed by atoms with Crippen molar-refractivity contribution in [3.8, 4) is 0 Å². The second kappa shape index (κ2) is 7.97. The summed E-state index contributed by atoms with van der Waals surface area (Å²) in [6.45, 7) is 0.837. The van der Waals surface area contributed by atoms with E-state index >= 15 is 0 Å². The third-order valence-electron chi connectivity index (χ3n) is 4.47. The molecule has 0 radical (unpaired) electrons. The molecule has 0 heterocycles. The minimum atomic E-state index is -0.311. The first-order chi connectivity index (χ1) is 11.8. The number of amides is 1. The van der Waals surface area contributed by atoms with E-state index in [9.17, 15) is 4.79 Å². The maximum Gasteiger partial charge on any atom is 0.410 e. The second-order valence-electron chi connectivity index (χ2n) is 6.06. The Morgan fingerprint density at radius 3 is 2.67 bits per heavy atom. The van der Waals surface area contributed by atoms with Crippen LogP contribution in [0.1, 0.15) is 35.6 Å². The fraction of sp³-hybridized carbons (Fsp3) is 0.350. The lowest BCUT2D eigenvalue weighted by atomic mass is 10.1. The van der Waals surface area contributed by atoms with E-state index in [-0.39, 0.29) is 25.3 Å². The minimum absolute atomic E-state index is 0.0380. The first kappa shape index (κ1) is 16.5. The molecule has 0 aromatic heterocycles. The molecule has 3 rings (SSSR count). The Bertz CT molecular complexity index is 672. The first-order valence-corrected chi connectivity index (χ1v) is 8.45. The number of benzene rings is 2. The molecule has 4 nitrogen and oxygen atoms in total. The molecule has 0 fully saturated rings. The van der Waals surface area contributed by atoms with E-state index in [2.05, 4.69) is 12.1 Å². The van der Waals surface area contributed by atoms with Crippen LogP contribution >= 0.6 is 0 Å². The molecule has 0 aliphatic heterocycles. The summed E-state index contributed by atoms with van der Waals surface area (Å²) in [4.78, 5) is 14.4. The zero-order valence-corrected chi connectivity index (χ0v) is 13.7. The van der Waals surface area contributed by atoms with Crippen molar-refractivity contribution in [1.29, 1.82) is 0 Å². The van der Waals surface area contributed by atoms with Crippen LogP contribution in [0.5, 0.6) is 0 Å². The first-order valence-electron chi connectivity index (χ1n) is 8.45. The van der Waals surface area contributed by atoms with Gasteiger partial charge in [0.1, 0.15) is 6.61 Å². The molecular formula is C20H23NO3. The lowest BCUT2D eigenvalue weighted by Gasteiger charge is -2.29. The summed E-state index contributed by atoms with van der Waals surface area (Å²) in [5, 5.41) is 9.16. The molecule has 0 spiro atoms. The third-order valence-corrected chi connectivity index (χ3v) is 4.47. The highest BCUT2D eigenvalue weighted by atomic mass is 16.6. The number of hydrogen-bond acceptors (Lipinski definition) is 3.